The molecule has 0 aromatic heterocycles. The molecule has 1 N–H and O–H groups in total. The Hall–Kier alpha value is -1.01. The number of hydrogen-bond donors (Lipinski definition) is 1. The third-order valence-corrected chi connectivity index (χ3v) is 1.70. The zero-order valence-corrected chi connectivity index (χ0v) is 8.88. The maximum Gasteiger partial charge on any atom is 0.384 e. The average molecular weight is 198 g/mol. The maximum absolute atomic E-state index is 10.8. The molecule has 0 radical (unpaired) electrons. The standard InChI is InChI=1S/C11H18O3/c1-3-5-6-7-10(12)8-9-11(13)14-4-2/h10,12H,3-7H2,1-2H3/t10-/m0/s1. The second kappa shape index (κ2) is 8.58. The van der Waals surface area contributed by atoms with Gasteiger partial charge in [0.2, 0.25) is 0 Å². The van der Waals surface area contributed by atoms with Crippen molar-refractivity contribution in [3.8, 4) is 11.8 Å². The smallest absolute Gasteiger partial charge is 0.384 e. The van der Waals surface area contributed by atoms with Gasteiger partial charge in [0.05, 0.1) is 6.61 Å². The molecule has 0 unspecified atom stereocenters. The molecule has 0 spiro atoms. The summed E-state index contributed by atoms with van der Waals surface area (Å²) in [6.45, 7) is 4.13. The molecule has 0 bridgehead atoms. The van der Waals surface area contributed by atoms with Gasteiger partial charge in [0.15, 0.2) is 0 Å². The minimum atomic E-state index is -0.703. The lowest BCUT2D eigenvalue weighted by molar-refractivity contribution is -0.136. The van der Waals surface area contributed by atoms with Crippen molar-refractivity contribution in [2.75, 3.05) is 6.61 Å². The first-order chi connectivity index (χ1) is 6.70. The summed E-state index contributed by atoms with van der Waals surface area (Å²) in [5.74, 6) is 4.14. The first-order valence-corrected chi connectivity index (χ1v) is 5.07. The molecular formula is C11H18O3. The minimum Gasteiger partial charge on any atom is -0.456 e. The van der Waals surface area contributed by atoms with Crippen LogP contribution in [0.25, 0.3) is 0 Å². The fourth-order valence-electron chi connectivity index (χ4n) is 0.969. The van der Waals surface area contributed by atoms with E-state index in [2.05, 4.69) is 23.5 Å². The number of aliphatic hydroxyl groups excluding tert-OH is 1. The van der Waals surface area contributed by atoms with Gasteiger partial charge in [-0.3, -0.25) is 0 Å². The van der Waals surface area contributed by atoms with Crippen LogP contribution < -0.4 is 0 Å². The number of hydrogen-bond acceptors (Lipinski definition) is 3. The third-order valence-electron chi connectivity index (χ3n) is 1.70. The summed E-state index contributed by atoms with van der Waals surface area (Å²) in [6.07, 6.45) is 3.05. The second-order valence-corrected chi connectivity index (χ2v) is 3.00. The molecule has 0 rings (SSSR count). The molecule has 3 heteroatoms. The van der Waals surface area contributed by atoms with Gasteiger partial charge in [-0.25, -0.2) is 4.79 Å². The molecule has 0 saturated heterocycles. The lowest BCUT2D eigenvalue weighted by Gasteiger charge is -2.00. The van der Waals surface area contributed by atoms with Crippen LogP contribution in [0.4, 0.5) is 0 Å². The van der Waals surface area contributed by atoms with Crippen molar-refractivity contribution < 1.29 is 14.6 Å². The largest absolute Gasteiger partial charge is 0.456 e. The molecular weight excluding hydrogens is 180 g/mol. The van der Waals surface area contributed by atoms with Crippen LogP contribution in [0.2, 0.25) is 0 Å². The van der Waals surface area contributed by atoms with Crippen LogP contribution in [0.5, 0.6) is 0 Å². The summed E-state index contributed by atoms with van der Waals surface area (Å²) in [5, 5.41) is 9.31. The fourth-order valence-corrected chi connectivity index (χ4v) is 0.969. The van der Waals surface area contributed by atoms with Crippen molar-refractivity contribution in [3.05, 3.63) is 0 Å². The summed E-state index contributed by atoms with van der Waals surface area (Å²) in [7, 11) is 0. The van der Waals surface area contributed by atoms with Gasteiger partial charge < -0.3 is 9.84 Å². The molecule has 14 heavy (non-hydrogen) atoms. The Morgan fingerprint density at radius 1 is 1.43 bits per heavy atom. The summed E-state index contributed by atoms with van der Waals surface area (Å²) >= 11 is 0. The van der Waals surface area contributed by atoms with E-state index in [0.29, 0.717) is 13.0 Å². The Bertz CT molecular complexity index is 212. The van der Waals surface area contributed by atoms with Crippen LogP contribution in [-0.4, -0.2) is 23.8 Å². The number of carbonyl (C=O) groups is 1. The van der Waals surface area contributed by atoms with Crippen molar-refractivity contribution in [2.24, 2.45) is 0 Å². The van der Waals surface area contributed by atoms with Gasteiger partial charge in [-0.05, 0) is 19.8 Å². The molecule has 0 fully saturated rings. The van der Waals surface area contributed by atoms with Crippen molar-refractivity contribution in [1.82, 2.24) is 0 Å². The van der Waals surface area contributed by atoms with E-state index in [1.165, 1.54) is 0 Å². The molecule has 0 amide bonds. The molecule has 0 aromatic rings. The van der Waals surface area contributed by atoms with Gasteiger partial charge in [-0.15, -0.1) is 0 Å². The fraction of sp³-hybridized carbons (Fsp3) is 0.727. The van der Waals surface area contributed by atoms with Crippen molar-refractivity contribution in [1.29, 1.82) is 0 Å². The molecule has 80 valence electrons. The van der Waals surface area contributed by atoms with E-state index in [1.54, 1.807) is 6.92 Å². The van der Waals surface area contributed by atoms with Crippen molar-refractivity contribution in [2.45, 2.75) is 45.6 Å². The summed E-state index contributed by atoms with van der Waals surface area (Å²) in [4.78, 5) is 10.8. The average Bonchev–Trinajstić information content (AvgIpc) is 2.16. The van der Waals surface area contributed by atoms with E-state index in [4.69, 9.17) is 0 Å². The number of unbranched alkanes of at least 4 members (excludes halogenated alkanes) is 2. The van der Waals surface area contributed by atoms with E-state index in [9.17, 15) is 9.90 Å². The molecule has 1 atom stereocenters. The molecule has 0 aromatic carbocycles. The normalized spacial score (nSPS) is 11.4. The Balaban J connectivity index is 3.68. The highest BCUT2D eigenvalue weighted by Crippen LogP contribution is 2.01. The number of aliphatic hydroxyl groups is 1. The first-order valence-electron chi connectivity index (χ1n) is 5.07. The number of rotatable bonds is 5. The monoisotopic (exact) mass is 198 g/mol. The number of carbonyl (C=O) groups excluding carboxylic acids is 1. The number of ether oxygens (including phenoxy) is 1. The van der Waals surface area contributed by atoms with Crippen LogP contribution in [0.3, 0.4) is 0 Å². The Morgan fingerprint density at radius 2 is 2.14 bits per heavy atom. The summed E-state index contributed by atoms with van der Waals surface area (Å²) < 4.78 is 4.59. The van der Waals surface area contributed by atoms with E-state index < -0.39 is 12.1 Å². The molecule has 0 aliphatic heterocycles. The van der Waals surface area contributed by atoms with E-state index in [0.717, 1.165) is 19.3 Å². The van der Waals surface area contributed by atoms with Crippen LogP contribution in [0, 0.1) is 11.8 Å². The molecule has 3 nitrogen and oxygen atoms in total. The predicted octanol–water partition coefficient (Wildman–Crippen LogP) is 1.49. The topological polar surface area (TPSA) is 46.5 Å². The Kier molecular flexibility index (Phi) is 7.96. The summed E-state index contributed by atoms with van der Waals surface area (Å²) in [5.41, 5.74) is 0. The van der Waals surface area contributed by atoms with Gasteiger partial charge in [0, 0.05) is 5.92 Å². The quantitative estimate of drug-likeness (QED) is 0.315. The second-order valence-electron chi connectivity index (χ2n) is 3.00. The van der Waals surface area contributed by atoms with Crippen LogP contribution in [0.1, 0.15) is 39.5 Å². The SMILES string of the molecule is CCCCC[C@H](O)C#CC(=O)OCC. The summed E-state index contributed by atoms with van der Waals surface area (Å²) in [6, 6.07) is 0. The van der Waals surface area contributed by atoms with E-state index >= 15 is 0 Å². The van der Waals surface area contributed by atoms with Gasteiger partial charge in [-0.2, -0.15) is 0 Å². The van der Waals surface area contributed by atoms with Crippen LogP contribution in [-0.2, 0) is 9.53 Å². The van der Waals surface area contributed by atoms with Gasteiger partial charge in [0.25, 0.3) is 0 Å². The van der Waals surface area contributed by atoms with Gasteiger partial charge in [0.1, 0.15) is 6.10 Å². The van der Waals surface area contributed by atoms with Gasteiger partial charge >= 0.3 is 5.97 Å². The lowest BCUT2D eigenvalue weighted by atomic mass is 10.1. The Labute approximate surface area is 85.5 Å². The Morgan fingerprint density at radius 3 is 2.71 bits per heavy atom. The minimum absolute atomic E-state index is 0.319. The van der Waals surface area contributed by atoms with Crippen molar-refractivity contribution in [3.63, 3.8) is 0 Å². The first kappa shape index (κ1) is 13.0. The highest BCUT2D eigenvalue weighted by atomic mass is 16.5. The maximum atomic E-state index is 10.8. The lowest BCUT2D eigenvalue weighted by Crippen LogP contribution is -2.05. The van der Waals surface area contributed by atoms with Crippen molar-refractivity contribution >= 4 is 5.97 Å². The van der Waals surface area contributed by atoms with Crippen LogP contribution >= 0.6 is 0 Å². The third kappa shape index (κ3) is 7.63. The predicted molar refractivity (Wildman–Crippen MR) is 54.6 cm³/mol. The molecule has 0 heterocycles. The van der Waals surface area contributed by atoms with E-state index in [1.807, 2.05) is 0 Å². The van der Waals surface area contributed by atoms with Gasteiger partial charge in [-0.1, -0.05) is 25.7 Å². The number of esters is 1. The molecule has 0 saturated carbocycles. The zero-order valence-electron chi connectivity index (χ0n) is 8.88. The van der Waals surface area contributed by atoms with E-state index in [-0.39, 0.29) is 0 Å². The highest BCUT2D eigenvalue weighted by molar-refractivity contribution is 5.88. The highest BCUT2D eigenvalue weighted by Gasteiger charge is 1.99. The van der Waals surface area contributed by atoms with Crippen LogP contribution in [0.15, 0.2) is 0 Å². The molecule has 0 aliphatic carbocycles. The molecule has 0 aliphatic rings. The zero-order chi connectivity index (χ0) is 10.8.